The summed E-state index contributed by atoms with van der Waals surface area (Å²) >= 11 is 1.37. The molecule has 0 unspecified atom stereocenters. The number of esters is 1. The van der Waals surface area contributed by atoms with Crippen LogP contribution in [0.3, 0.4) is 0 Å². The third-order valence-electron chi connectivity index (χ3n) is 3.53. The first-order chi connectivity index (χ1) is 11.2. The summed E-state index contributed by atoms with van der Waals surface area (Å²) < 4.78 is 10.7. The summed E-state index contributed by atoms with van der Waals surface area (Å²) in [6, 6.07) is 10.3. The Labute approximate surface area is 138 Å². The average Bonchev–Trinajstić information content (AvgIpc) is 3.26. The lowest BCUT2D eigenvalue weighted by atomic mass is 10.2. The molecule has 0 saturated carbocycles. The molecule has 1 saturated heterocycles. The second-order valence-corrected chi connectivity index (χ2v) is 6.19. The van der Waals surface area contributed by atoms with Gasteiger partial charge in [0.25, 0.3) is 5.91 Å². The number of carbonyl (C=O) groups is 2. The van der Waals surface area contributed by atoms with Crippen LogP contribution in [0, 0.1) is 0 Å². The van der Waals surface area contributed by atoms with Crippen molar-refractivity contribution in [3.8, 4) is 0 Å². The molecule has 0 aliphatic carbocycles. The molecule has 2 heterocycles. The topological polar surface area (TPSA) is 64.6 Å². The van der Waals surface area contributed by atoms with E-state index in [4.69, 9.17) is 9.47 Å². The summed E-state index contributed by atoms with van der Waals surface area (Å²) in [6.07, 6.45) is 1.93. The molecule has 0 radical (unpaired) electrons. The molecule has 0 bridgehead atoms. The second kappa shape index (κ2) is 7.39. The Balaban J connectivity index is 1.60. The molecule has 120 valence electrons. The number of nitrogens with one attached hydrogen (secondary N) is 1. The maximum absolute atomic E-state index is 12.1. The lowest BCUT2D eigenvalue weighted by Crippen LogP contribution is -2.18. The molecular formula is C17H17NO4S. The molecule has 23 heavy (non-hydrogen) atoms. The number of anilines is 1. The molecule has 5 nitrogen and oxygen atoms in total. The average molecular weight is 331 g/mol. The highest BCUT2D eigenvalue weighted by molar-refractivity contribution is 7.12. The Kier molecular flexibility index (Phi) is 5.05. The smallest absolute Gasteiger partial charge is 0.338 e. The molecule has 0 spiro atoms. The lowest BCUT2D eigenvalue weighted by Gasteiger charge is -2.11. The quantitative estimate of drug-likeness (QED) is 0.854. The minimum atomic E-state index is -0.410. The van der Waals surface area contributed by atoms with E-state index in [1.165, 1.54) is 11.3 Å². The van der Waals surface area contributed by atoms with Gasteiger partial charge in [-0.25, -0.2) is 4.79 Å². The highest BCUT2D eigenvalue weighted by Crippen LogP contribution is 2.17. The van der Waals surface area contributed by atoms with Gasteiger partial charge in [-0.2, -0.15) is 0 Å². The standard InChI is InChI=1S/C17H17NO4S/c19-16(15-7-3-9-23-15)18-13-5-1-4-12(10-13)17(20)22-11-14-6-2-8-21-14/h1,3-5,7,9-10,14H,2,6,8,11H2,(H,18,19)/t14-/m1/s1. The molecule has 1 amide bonds. The SMILES string of the molecule is O=C(OC[C@H]1CCCO1)c1cccc(NC(=O)c2cccs2)c1. The van der Waals surface area contributed by atoms with Crippen LogP contribution in [-0.4, -0.2) is 31.2 Å². The molecule has 1 fully saturated rings. The predicted molar refractivity (Wildman–Crippen MR) is 88.0 cm³/mol. The Morgan fingerprint density at radius 1 is 1.30 bits per heavy atom. The minimum Gasteiger partial charge on any atom is -0.459 e. The zero-order valence-corrected chi connectivity index (χ0v) is 13.3. The van der Waals surface area contributed by atoms with Crippen molar-refractivity contribution in [3.05, 3.63) is 52.2 Å². The van der Waals surface area contributed by atoms with E-state index in [9.17, 15) is 9.59 Å². The molecule has 1 aliphatic rings. The first kappa shape index (κ1) is 15.7. The van der Waals surface area contributed by atoms with E-state index in [0.29, 0.717) is 16.1 Å². The van der Waals surface area contributed by atoms with Crippen molar-refractivity contribution in [3.63, 3.8) is 0 Å². The van der Waals surface area contributed by atoms with Crippen LogP contribution in [0.25, 0.3) is 0 Å². The predicted octanol–water partition coefficient (Wildman–Crippen LogP) is 3.34. The summed E-state index contributed by atoms with van der Waals surface area (Å²) in [5.74, 6) is -0.599. The van der Waals surface area contributed by atoms with Gasteiger partial charge in [0.2, 0.25) is 0 Å². The Morgan fingerprint density at radius 2 is 2.22 bits per heavy atom. The third-order valence-corrected chi connectivity index (χ3v) is 4.39. The van der Waals surface area contributed by atoms with Gasteiger partial charge in [0.15, 0.2) is 0 Å². The van der Waals surface area contributed by atoms with E-state index in [1.54, 1.807) is 30.3 Å². The fraction of sp³-hybridized carbons (Fsp3) is 0.294. The van der Waals surface area contributed by atoms with Gasteiger partial charge in [0.1, 0.15) is 6.61 Å². The van der Waals surface area contributed by atoms with Gasteiger partial charge in [-0.1, -0.05) is 12.1 Å². The molecule has 2 aromatic rings. The number of carbonyl (C=O) groups excluding carboxylic acids is 2. The minimum absolute atomic E-state index is 0.000615. The Bertz CT molecular complexity index is 678. The van der Waals surface area contributed by atoms with Crippen molar-refractivity contribution >= 4 is 28.9 Å². The maximum Gasteiger partial charge on any atom is 0.338 e. The number of hydrogen-bond acceptors (Lipinski definition) is 5. The first-order valence-electron chi connectivity index (χ1n) is 7.46. The fourth-order valence-corrected chi connectivity index (χ4v) is 2.97. The highest BCUT2D eigenvalue weighted by atomic mass is 32.1. The van der Waals surface area contributed by atoms with Gasteiger partial charge in [-0.15, -0.1) is 11.3 Å². The number of rotatable bonds is 5. The normalized spacial score (nSPS) is 17.0. The van der Waals surface area contributed by atoms with E-state index in [2.05, 4.69) is 5.32 Å². The summed E-state index contributed by atoms with van der Waals surface area (Å²) in [5.41, 5.74) is 0.974. The van der Waals surface area contributed by atoms with E-state index in [0.717, 1.165) is 19.4 Å². The number of thiophene rings is 1. The summed E-state index contributed by atoms with van der Waals surface area (Å²) in [7, 11) is 0. The molecule has 1 aliphatic heterocycles. The maximum atomic E-state index is 12.1. The molecule has 1 aromatic carbocycles. The van der Waals surface area contributed by atoms with Gasteiger partial charge >= 0.3 is 5.97 Å². The molecule has 6 heteroatoms. The fourth-order valence-electron chi connectivity index (χ4n) is 2.35. The van der Waals surface area contributed by atoms with Crippen LogP contribution in [-0.2, 0) is 9.47 Å². The van der Waals surface area contributed by atoms with Crippen molar-refractivity contribution in [2.45, 2.75) is 18.9 Å². The van der Waals surface area contributed by atoms with Gasteiger partial charge < -0.3 is 14.8 Å². The van der Waals surface area contributed by atoms with Crippen molar-refractivity contribution in [1.29, 1.82) is 0 Å². The zero-order chi connectivity index (χ0) is 16.1. The van der Waals surface area contributed by atoms with Crippen LogP contribution in [0.5, 0.6) is 0 Å². The van der Waals surface area contributed by atoms with E-state index in [1.807, 2.05) is 11.4 Å². The van der Waals surface area contributed by atoms with E-state index < -0.39 is 5.97 Å². The molecular weight excluding hydrogens is 314 g/mol. The van der Waals surface area contributed by atoms with Gasteiger partial charge in [-0.3, -0.25) is 4.79 Å². The first-order valence-corrected chi connectivity index (χ1v) is 8.34. The number of ether oxygens (including phenoxy) is 2. The van der Waals surface area contributed by atoms with E-state index in [-0.39, 0.29) is 18.6 Å². The molecule has 1 N–H and O–H groups in total. The van der Waals surface area contributed by atoms with Crippen LogP contribution < -0.4 is 5.32 Å². The van der Waals surface area contributed by atoms with Crippen molar-refractivity contribution in [2.24, 2.45) is 0 Å². The largest absolute Gasteiger partial charge is 0.459 e. The summed E-state index contributed by atoms with van der Waals surface area (Å²) in [6.45, 7) is 0.997. The Morgan fingerprint density at radius 3 is 2.96 bits per heavy atom. The van der Waals surface area contributed by atoms with Crippen LogP contribution in [0.4, 0.5) is 5.69 Å². The van der Waals surface area contributed by atoms with Gasteiger partial charge in [0, 0.05) is 12.3 Å². The van der Waals surface area contributed by atoms with Crippen LogP contribution in [0.15, 0.2) is 41.8 Å². The zero-order valence-electron chi connectivity index (χ0n) is 12.5. The number of hydrogen-bond donors (Lipinski definition) is 1. The molecule has 3 rings (SSSR count). The summed E-state index contributed by atoms with van der Waals surface area (Å²) in [4.78, 5) is 24.7. The van der Waals surface area contributed by atoms with Gasteiger partial charge in [0.05, 0.1) is 16.5 Å². The van der Waals surface area contributed by atoms with E-state index >= 15 is 0 Å². The lowest BCUT2D eigenvalue weighted by molar-refractivity contribution is 0.0161. The monoisotopic (exact) mass is 331 g/mol. The number of benzene rings is 1. The summed E-state index contributed by atoms with van der Waals surface area (Å²) in [5, 5.41) is 4.62. The van der Waals surface area contributed by atoms with Crippen molar-refractivity contribution < 1.29 is 19.1 Å². The van der Waals surface area contributed by atoms with Crippen molar-refractivity contribution in [2.75, 3.05) is 18.5 Å². The number of amides is 1. The Hall–Kier alpha value is -2.18. The van der Waals surface area contributed by atoms with Crippen LogP contribution >= 0.6 is 11.3 Å². The molecule has 1 atom stereocenters. The van der Waals surface area contributed by atoms with Crippen LogP contribution in [0.1, 0.15) is 32.9 Å². The van der Waals surface area contributed by atoms with Crippen molar-refractivity contribution in [1.82, 2.24) is 0 Å². The van der Waals surface area contributed by atoms with Gasteiger partial charge in [-0.05, 0) is 42.5 Å². The molecule has 1 aromatic heterocycles. The highest BCUT2D eigenvalue weighted by Gasteiger charge is 2.18. The third kappa shape index (κ3) is 4.18. The second-order valence-electron chi connectivity index (χ2n) is 5.25. The van der Waals surface area contributed by atoms with Crippen LogP contribution in [0.2, 0.25) is 0 Å².